The Labute approximate surface area is 112 Å². The molecule has 1 aromatic heterocycles. The number of aromatic nitrogens is 1. The summed E-state index contributed by atoms with van der Waals surface area (Å²) in [6.45, 7) is 0.0278. The van der Waals surface area contributed by atoms with E-state index in [9.17, 15) is 18.0 Å². The second-order valence-electron chi connectivity index (χ2n) is 3.54. The zero-order valence-corrected chi connectivity index (χ0v) is 10.4. The molecule has 0 saturated carbocycles. The minimum absolute atomic E-state index is 0.0278. The van der Waals surface area contributed by atoms with Gasteiger partial charge in [-0.2, -0.15) is 13.2 Å². The van der Waals surface area contributed by atoms with Gasteiger partial charge in [-0.3, -0.25) is 0 Å². The third-order valence-corrected chi connectivity index (χ3v) is 2.05. The summed E-state index contributed by atoms with van der Waals surface area (Å²) in [5.74, 6) is 3.67. The van der Waals surface area contributed by atoms with E-state index in [1.807, 2.05) is 0 Å². The number of hydrogen-bond acceptors (Lipinski definition) is 3. The Bertz CT molecular complexity index is 583. The van der Waals surface area contributed by atoms with Crippen LogP contribution in [0.4, 0.5) is 13.2 Å². The lowest BCUT2D eigenvalue weighted by Crippen LogP contribution is -2.09. The lowest BCUT2D eigenvalue weighted by molar-refractivity contribution is -0.141. The Morgan fingerprint density at radius 1 is 1.50 bits per heavy atom. The fourth-order valence-electron chi connectivity index (χ4n) is 1.22. The van der Waals surface area contributed by atoms with Gasteiger partial charge in [0.2, 0.25) is 0 Å². The molecule has 0 aromatic carbocycles. The van der Waals surface area contributed by atoms with Crippen molar-refractivity contribution in [2.45, 2.75) is 6.18 Å². The molecule has 1 heterocycles. The SMILES string of the molecule is COCC#Cc1nc(C(F)(F)F)ccc1/C=C/C(=O)O. The van der Waals surface area contributed by atoms with Crippen molar-refractivity contribution < 1.29 is 27.8 Å². The van der Waals surface area contributed by atoms with Gasteiger partial charge in [-0.1, -0.05) is 5.92 Å². The highest BCUT2D eigenvalue weighted by Crippen LogP contribution is 2.28. The van der Waals surface area contributed by atoms with Crippen molar-refractivity contribution in [1.29, 1.82) is 0 Å². The van der Waals surface area contributed by atoms with Crippen LogP contribution in [0.1, 0.15) is 17.0 Å². The summed E-state index contributed by atoms with van der Waals surface area (Å²) < 4.78 is 42.3. The third kappa shape index (κ3) is 4.74. The number of carbonyl (C=O) groups is 1. The average Bonchev–Trinajstić information content (AvgIpc) is 2.36. The summed E-state index contributed by atoms with van der Waals surface area (Å²) in [7, 11) is 1.39. The molecule has 7 heteroatoms. The van der Waals surface area contributed by atoms with Gasteiger partial charge >= 0.3 is 12.1 Å². The van der Waals surface area contributed by atoms with Crippen LogP contribution in [0.3, 0.4) is 0 Å². The van der Waals surface area contributed by atoms with E-state index in [1.54, 1.807) is 0 Å². The Kier molecular flexibility index (Phi) is 5.29. The predicted octanol–water partition coefficient (Wildman–Crippen LogP) is 2.20. The quantitative estimate of drug-likeness (QED) is 0.683. The molecule has 106 valence electrons. The number of pyridine rings is 1. The molecule has 0 aliphatic rings. The summed E-state index contributed by atoms with van der Waals surface area (Å²) in [5, 5.41) is 8.52. The van der Waals surface area contributed by atoms with Crippen LogP contribution in [0.15, 0.2) is 18.2 Å². The highest BCUT2D eigenvalue weighted by Gasteiger charge is 2.32. The fourth-order valence-corrected chi connectivity index (χ4v) is 1.22. The molecule has 20 heavy (non-hydrogen) atoms. The molecule has 0 unspecified atom stereocenters. The number of carboxylic acid groups (broad SMARTS) is 1. The second kappa shape index (κ2) is 6.73. The van der Waals surface area contributed by atoms with Crippen molar-refractivity contribution in [2.75, 3.05) is 13.7 Å². The zero-order chi connectivity index (χ0) is 15.2. The molecule has 0 saturated heterocycles. The standard InChI is InChI=1S/C13H10F3NO3/c1-20-8-2-3-10-9(5-7-12(18)19)4-6-11(17-10)13(14,15)16/h4-7H,8H2,1H3,(H,18,19)/b7-5+. The van der Waals surface area contributed by atoms with Crippen LogP contribution in [-0.4, -0.2) is 29.8 Å². The first-order valence-electron chi connectivity index (χ1n) is 5.31. The van der Waals surface area contributed by atoms with Crippen molar-refractivity contribution in [3.63, 3.8) is 0 Å². The summed E-state index contributed by atoms with van der Waals surface area (Å²) in [6.07, 6.45) is -2.66. The van der Waals surface area contributed by atoms with Gasteiger partial charge < -0.3 is 9.84 Å². The number of aliphatic carboxylic acids is 1. The Hall–Kier alpha value is -2.33. The average molecular weight is 285 g/mol. The molecule has 0 spiro atoms. The molecule has 0 aliphatic heterocycles. The Morgan fingerprint density at radius 2 is 2.20 bits per heavy atom. The van der Waals surface area contributed by atoms with Gasteiger partial charge in [0.25, 0.3) is 0 Å². The number of hydrogen-bond donors (Lipinski definition) is 1. The second-order valence-corrected chi connectivity index (χ2v) is 3.54. The maximum absolute atomic E-state index is 12.6. The third-order valence-electron chi connectivity index (χ3n) is 2.05. The first-order chi connectivity index (χ1) is 9.34. The van der Waals surface area contributed by atoms with Gasteiger partial charge in [0, 0.05) is 18.7 Å². The van der Waals surface area contributed by atoms with Crippen LogP contribution in [0, 0.1) is 11.8 Å². The number of rotatable bonds is 3. The van der Waals surface area contributed by atoms with E-state index in [4.69, 9.17) is 5.11 Å². The minimum Gasteiger partial charge on any atom is -0.478 e. The number of carboxylic acids is 1. The molecule has 0 amide bonds. The van der Waals surface area contributed by atoms with E-state index in [0.717, 1.165) is 24.3 Å². The van der Waals surface area contributed by atoms with E-state index >= 15 is 0 Å². The minimum atomic E-state index is -4.59. The number of methoxy groups -OCH3 is 1. The van der Waals surface area contributed by atoms with E-state index in [0.29, 0.717) is 0 Å². The Morgan fingerprint density at radius 3 is 2.75 bits per heavy atom. The van der Waals surface area contributed by atoms with Gasteiger partial charge in [0.15, 0.2) is 0 Å². The molecular weight excluding hydrogens is 275 g/mol. The first-order valence-corrected chi connectivity index (χ1v) is 5.31. The summed E-state index contributed by atoms with van der Waals surface area (Å²) in [4.78, 5) is 13.8. The number of ether oxygens (including phenoxy) is 1. The maximum atomic E-state index is 12.6. The predicted molar refractivity (Wildman–Crippen MR) is 64.7 cm³/mol. The zero-order valence-electron chi connectivity index (χ0n) is 10.4. The topological polar surface area (TPSA) is 59.4 Å². The molecule has 0 radical (unpaired) electrons. The molecule has 4 nitrogen and oxygen atoms in total. The van der Waals surface area contributed by atoms with Crippen LogP contribution >= 0.6 is 0 Å². The van der Waals surface area contributed by atoms with Crippen LogP contribution in [0.25, 0.3) is 6.08 Å². The van der Waals surface area contributed by atoms with E-state index < -0.39 is 17.8 Å². The van der Waals surface area contributed by atoms with Gasteiger partial charge in [0.1, 0.15) is 18.0 Å². The molecule has 0 atom stereocenters. The van der Waals surface area contributed by atoms with Crippen LogP contribution in [0.2, 0.25) is 0 Å². The van der Waals surface area contributed by atoms with Crippen molar-refractivity contribution in [2.24, 2.45) is 0 Å². The van der Waals surface area contributed by atoms with Crippen molar-refractivity contribution in [3.8, 4) is 11.8 Å². The molecule has 0 fully saturated rings. The van der Waals surface area contributed by atoms with Gasteiger partial charge in [-0.15, -0.1) is 0 Å². The molecule has 0 bridgehead atoms. The van der Waals surface area contributed by atoms with Crippen molar-refractivity contribution >= 4 is 12.0 Å². The smallest absolute Gasteiger partial charge is 0.433 e. The number of halogens is 3. The Balaban J connectivity index is 3.24. The van der Waals surface area contributed by atoms with Crippen LogP contribution in [0.5, 0.6) is 0 Å². The molecule has 0 aliphatic carbocycles. The molecule has 1 aromatic rings. The van der Waals surface area contributed by atoms with Gasteiger partial charge in [-0.25, -0.2) is 9.78 Å². The maximum Gasteiger partial charge on any atom is 0.433 e. The number of nitrogens with zero attached hydrogens (tertiary/aromatic N) is 1. The summed E-state index contributed by atoms with van der Waals surface area (Å²) in [5.41, 5.74) is -1.06. The van der Waals surface area contributed by atoms with E-state index in [2.05, 4.69) is 21.6 Å². The van der Waals surface area contributed by atoms with E-state index in [-0.39, 0.29) is 17.9 Å². The first kappa shape index (κ1) is 15.7. The largest absolute Gasteiger partial charge is 0.478 e. The lowest BCUT2D eigenvalue weighted by atomic mass is 10.1. The number of alkyl halides is 3. The van der Waals surface area contributed by atoms with Gasteiger partial charge in [0.05, 0.1) is 0 Å². The van der Waals surface area contributed by atoms with Gasteiger partial charge in [-0.05, 0) is 24.1 Å². The molecule has 1 rings (SSSR count). The van der Waals surface area contributed by atoms with Crippen LogP contribution in [-0.2, 0) is 15.7 Å². The monoisotopic (exact) mass is 285 g/mol. The normalized spacial score (nSPS) is 11.2. The summed E-state index contributed by atoms with van der Waals surface area (Å²) in [6, 6.07) is 1.88. The molecule has 1 N–H and O–H groups in total. The van der Waals surface area contributed by atoms with Crippen LogP contribution < -0.4 is 0 Å². The van der Waals surface area contributed by atoms with E-state index in [1.165, 1.54) is 7.11 Å². The fraction of sp³-hybridized carbons (Fsp3) is 0.231. The van der Waals surface area contributed by atoms with Crippen molar-refractivity contribution in [1.82, 2.24) is 4.98 Å². The molecular formula is C13H10F3NO3. The highest BCUT2D eigenvalue weighted by molar-refractivity contribution is 5.85. The van der Waals surface area contributed by atoms with Crippen molar-refractivity contribution in [3.05, 3.63) is 35.2 Å². The lowest BCUT2D eigenvalue weighted by Gasteiger charge is -2.07. The highest BCUT2D eigenvalue weighted by atomic mass is 19.4. The summed E-state index contributed by atoms with van der Waals surface area (Å²) >= 11 is 0.